The van der Waals surface area contributed by atoms with Gasteiger partial charge < -0.3 is 4.74 Å². The average molecular weight is 462 g/mol. The van der Waals surface area contributed by atoms with Crippen LogP contribution in [-0.2, 0) is 19.4 Å². The van der Waals surface area contributed by atoms with Gasteiger partial charge in [-0.1, -0.05) is 24.3 Å². The van der Waals surface area contributed by atoms with Crippen LogP contribution < -0.4 is 5.48 Å². The fraction of sp³-hybridized carbons (Fsp3) is 0.227. The monoisotopic (exact) mass is 461 g/mol. The Labute approximate surface area is 183 Å². The fourth-order valence-electron chi connectivity index (χ4n) is 3.83. The van der Waals surface area contributed by atoms with Crippen molar-refractivity contribution in [1.82, 2.24) is 5.48 Å². The van der Waals surface area contributed by atoms with E-state index in [9.17, 15) is 17.6 Å². The number of benzene rings is 2. The van der Waals surface area contributed by atoms with E-state index in [1.54, 1.807) is 24.3 Å². The van der Waals surface area contributed by atoms with Gasteiger partial charge in [-0.2, -0.15) is 11.3 Å². The van der Waals surface area contributed by atoms with E-state index in [4.69, 9.17) is 9.94 Å². The van der Waals surface area contributed by atoms with Crippen molar-refractivity contribution in [3.63, 3.8) is 0 Å². The van der Waals surface area contributed by atoms with Crippen LogP contribution in [0.15, 0.2) is 64.2 Å². The van der Waals surface area contributed by atoms with Crippen molar-refractivity contribution in [3.05, 3.63) is 65.1 Å². The molecular weight excluding hydrogens is 441 g/mol. The van der Waals surface area contributed by atoms with Gasteiger partial charge in [0.15, 0.2) is 14.6 Å². The summed E-state index contributed by atoms with van der Waals surface area (Å²) in [5.74, 6) is -1.26. The highest BCUT2D eigenvalue weighted by atomic mass is 32.2. The lowest BCUT2D eigenvalue weighted by molar-refractivity contribution is -0.134. The summed E-state index contributed by atoms with van der Waals surface area (Å²) < 4.78 is 43.5. The topological polar surface area (TPSA) is 92.7 Å². The second-order valence-corrected chi connectivity index (χ2v) is 10.3. The predicted octanol–water partition coefficient (Wildman–Crippen LogP) is 4.05. The van der Waals surface area contributed by atoms with Gasteiger partial charge in [-0.25, -0.2) is 18.3 Å². The van der Waals surface area contributed by atoms with Crippen LogP contribution in [0.3, 0.4) is 0 Å². The molecule has 162 valence electrons. The minimum atomic E-state index is -4.08. The van der Waals surface area contributed by atoms with E-state index in [0.29, 0.717) is 0 Å². The van der Waals surface area contributed by atoms with E-state index in [-0.39, 0.29) is 36.8 Å². The van der Waals surface area contributed by atoms with Gasteiger partial charge in [0.25, 0.3) is 5.91 Å². The van der Waals surface area contributed by atoms with Crippen molar-refractivity contribution in [1.29, 1.82) is 0 Å². The molecule has 0 unspecified atom stereocenters. The number of sulfone groups is 1. The van der Waals surface area contributed by atoms with Crippen LogP contribution in [0.1, 0.15) is 12.8 Å². The Bertz CT molecular complexity index is 1180. The molecule has 1 fully saturated rings. The van der Waals surface area contributed by atoms with Gasteiger partial charge in [-0.05, 0) is 59.0 Å². The van der Waals surface area contributed by atoms with Gasteiger partial charge in [-0.15, -0.1) is 0 Å². The number of carbonyl (C=O) groups is 1. The quantitative estimate of drug-likeness (QED) is 0.442. The molecule has 1 amide bonds. The number of halogens is 1. The molecule has 0 radical (unpaired) electrons. The van der Waals surface area contributed by atoms with E-state index in [0.717, 1.165) is 22.3 Å². The van der Waals surface area contributed by atoms with Crippen molar-refractivity contribution in [2.75, 3.05) is 13.2 Å². The minimum Gasteiger partial charge on any atom is -0.381 e. The van der Waals surface area contributed by atoms with Crippen molar-refractivity contribution in [2.45, 2.75) is 22.5 Å². The first-order valence-corrected chi connectivity index (χ1v) is 12.0. The first kappa shape index (κ1) is 21.6. The first-order chi connectivity index (χ1) is 14.9. The maximum Gasteiger partial charge on any atom is 0.265 e. The zero-order chi connectivity index (χ0) is 22.1. The Balaban J connectivity index is 1.70. The highest BCUT2D eigenvalue weighted by Crippen LogP contribution is 2.38. The lowest BCUT2D eigenvalue weighted by Gasteiger charge is -2.34. The Kier molecular flexibility index (Phi) is 5.94. The molecule has 0 saturated carbocycles. The Morgan fingerprint density at radius 2 is 1.48 bits per heavy atom. The number of hydrogen-bond donors (Lipinski definition) is 2. The standard InChI is InChI=1S/C22H20FNO5S2/c23-17-5-1-15(2-6-17)19-13-30-14-20(19)16-3-7-18(8-4-16)31(27,28)22(21(25)24-26)9-11-29-12-10-22/h1-8,13-14,26H,9-12H2,(H,24,25). The predicted molar refractivity (Wildman–Crippen MR) is 115 cm³/mol. The number of ether oxygens (including phenoxy) is 1. The summed E-state index contributed by atoms with van der Waals surface area (Å²) in [5.41, 5.74) is 4.99. The Morgan fingerprint density at radius 3 is 2.00 bits per heavy atom. The smallest absolute Gasteiger partial charge is 0.265 e. The summed E-state index contributed by atoms with van der Waals surface area (Å²) >= 11 is 1.49. The first-order valence-electron chi connectivity index (χ1n) is 9.58. The van der Waals surface area contributed by atoms with Crippen LogP contribution in [0.2, 0.25) is 0 Å². The molecule has 31 heavy (non-hydrogen) atoms. The fourth-order valence-corrected chi connectivity index (χ4v) is 6.64. The second-order valence-electron chi connectivity index (χ2n) is 7.28. The maximum atomic E-state index is 13.4. The number of rotatable bonds is 5. The summed E-state index contributed by atoms with van der Waals surface area (Å²) in [6.07, 6.45) is -0.0779. The number of nitrogens with one attached hydrogen (secondary N) is 1. The highest BCUT2D eigenvalue weighted by molar-refractivity contribution is 7.93. The van der Waals surface area contributed by atoms with Crippen molar-refractivity contribution in [3.8, 4) is 22.3 Å². The molecule has 2 N–H and O–H groups in total. The molecule has 0 atom stereocenters. The van der Waals surface area contributed by atoms with Gasteiger partial charge in [0.2, 0.25) is 0 Å². The molecular formula is C22H20FNO5S2. The van der Waals surface area contributed by atoms with Gasteiger partial charge >= 0.3 is 0 Å². The number of carbonyl (C=O) groups excluding carboxylic acids is 1. The number of hydrogen-bond acceptors (Lipinski definition) is 6. The lowest BCUT2D eigenvalue weighted by Crippen LogP contribution is -2.54. The van der Waals surface area contributed by atoms with Gasteiger partial charge in [0, 0.05) is 24.3 Å². The molecule has 2 aromatic carbocycles. The molecule has 4 rings (SSSR count). The van der Waals surface area contributed by atoms with Crippen LogP contribution in [0.25, 0.3) is 22.3 Å². The molecule has 1 saturated heterocycles. The lowest BCUT2D eigenvalue weighted by atomic mass is 9.98. The summed E-state index contributed by atoms with van der Waals surface area (Å²) in [6.45, 7) is 0.224. The molecule has 1 aliphatic rings. The van der Waals surface area contributed by atoms with Gasteiger partial charge in [0.05, 0.1) is 4.90 Å². The van der Waals surface area contributed by atoms with Crippen LogP contribution in [0.5, 0.6) is 0 Å². The van der Waals surface area contributed by atoms with Crippen LogP contribution in [0, 0.1) is 5.82 Å². The van der Waals surface area contributed by atoms with E-state index >= 15 is 0 Å². The third-order valence-corrected chi connectivity index (χ3v) is 8.88. The minimum absolute atomic E-state index is 0.000289. The Hall–Kier alpha value is -2.59. The van der Waals surface area contributed by atoms with Crippen LogP contribution in [0.4, 0.5) is 4.39 Å². The Morgan fingerprint density at radius 1 is 0.968 bits per heavy atom. The third kappa shape index (κ3) is 3.78. The van der Waals surface area contributed by atoms with Crippen LogP contribution >= 0.6 is 11.3 Å². The van der Waals surface area contributed by atoms with Crippen molar-refractivity contribution in [2.24, 2.45) is 0 Å². The number of thiophene rings is 1. The van der Waals surface area contributed by atoms with Gasteiger partial charge in [-0.3, -0.25) is 10.0 Å². The highest BCUT2D eigenvalue weighted by Gasteiger charge is 2.52. The van der Waals surface area contributed by atoms with E-state index in [2.05, 4.69) is 0 Å². The molecule has 9 heteroatoms. The summed E-state index contributed by atoms with van der Waals surface area (Å²) in [7, 11) is -4.08. The molecule has 0 aliphatic carbocycles. The molecule has 1 aliphatic heterocycles. The normalized spacial score (nSPS) is 16.1. The van der Waals surface area contributed by atoms with E-state index in [1.165, 1.54) is 41.1 Å². The SMILES string of the molecule is O=C(NO)C1(S(=O)(=O)c2ccc(-c3cscc3-c3ccc(F)cc3)cc2)CCOCC1. The molecule has 6 nitrogen and oxygen atoms in total. The maximum absolute atomic E-state index is 13.4. The summed E-state index contributed by atoms with van der Waals surface area (Å²) in [5, 5.41) is 13.1. The molecule has 2 heterocycles. The average Bonchev–Trinajstić information content (AvgIpc) is 3.29. The molecule has 3 aromatic rings. The molecule has 0 bridgehead atoms. The number of hydroxylamine groups is 1. The van der Waals surface area contributed by atoms with Crippen molar-refractivity contribution >= 4 is 27.1 Å². The zero-order valence-corrected chi connectivity index (χ0v) is 18.0. The molecule has 0 spiro atoms. The van der Waals surface area contributed by atoms with Gasteiger partial charge in [0.1, 0.15) is 5.82 Å². The van der Waals surface area contributed by atoms with E-state index in [1.807, 2.05) is 10.8 Å². The second kappa shape index (κ2) is 8.51. The van der Waals surface area contributed by atoms with E-state index < -0.39 is 20.5 Å². The van der Waals surface area contributed by atoms with Crippen molar-refractivity contribution < 1.29 is 27.5 Å². The zero-order valence-electron chi connectivity index (χ0n) is 16.4. The summed E-state index contributed by atoms with van der Waals surface area (Å²) in [4.78, 5) is 12.4. The van der Waals surface area contributed by atoms with Crippen LogP contribution in [-0.4, -0.2) is 37.5 Å². The summed E-state index contributed by atoms with van der Waals surface area (Å²) in [6, 6.07) is 12.5. The third-order valence-electron chi connectivity index (χ3n) is 5.62. The largest absolute Gasteiger partial charge is 0.381 e. The number of amides is 1. The molecule has 1 aromatic heterocycles.